The average Bonchev–Trinajstić information content (AvgIpc) is 3.26. The van der Waals surface area contributed by atoms with E-state index in [0.29, 0.717) is 34.9 Å². The molecule has 0 spiro atoms. The van der Waals surface area contributed by atoms with Crippen molar-refractivity contribution in [2.24, 2.45) is 0 Å². The summed E-state index contributed by atoms with van der Waals surface area (Å²) in [5.74, 6) is 0.705. The maximum absolute atomic E-state index is 13.1. The number of unbranched alkanes of at least 4 members (excludes halogenated alkanes) is 5. The van der Waals surface area contributed by atoms with Crippen LogP contribution in [-0.2, 0) is 10.3 Å². The van der Waals surface area contributed by atoms with E-state index in [1.165, 1.54) is 37.4 Å². The summed E-state index contributed by atoms with van der Waals surface area (Å²) in [6.45, 7) is 9.03. The Morgan fingerprint density at radius 1 is 1.24 bits per heavy atom. The molecule has 2 aromatic rings. The number of nitrogens with one attached hydrogen (secondary N) is 1. The molecule has 1 unspecified atom stereocenters. The highest BCUT2D eigenvalue weighted by molar-refractivity contribution is 7.99. The van der Waals surface area contributed by atoms with Crippen molar-refractivity contribution in [3.05, 3.63) is 16.6 Å². The molecule has 1 aliphatic heterocycles. The number of carbonyl (C=O) groups excluding carboxylic acids is 1. The summed E-state index contributed by atoms with van der Waals surface area (Å²) in [6, 6.07) is -0.151. The third kappa shape index (κ3) is 5.02. The molecule has 0 saturated heterocycles. The first-order valence-corrected chi connectivity index (χ1v) is 11.7. The largest absolute Gasteiger partial charge is 0.356 e. The van der Waals surface area contributed by atoms with Crippen LogP contribution in [0.1, 0.15) is 78.7 Å². The van der Waals surface area contributed by atoms with Gasteiger partial charge in [-0.1, -0.05) is 50.8 Å². The van der Waals surface area contributed by atoms with Crippen molar-refractivity contribution in [1.82, 2.24) is 24.6 Å². The molecule has 0 aliphatic carbocycles. The number of hydrogen-bond donors (Lipinski definition) is 1. The van der Waals surface area contributed by atoms with Crippen LogP contribution in [0.4, 0.5) is 0 Å². The Bertz CT molecular complexity index is 912. The van der Waals surface area contributed by atoms with Gasteiger partial charge in [-0.05, 0) is 27.2 Å². The van der Waals surface area contributed by atoms with Crippen molar-refractivity contribution in [3.63, 3.8) is 0 Å². The van der Waals surface area contributed by atoms with Gasteiger partial charge < -0.3 is 5.32 Å². The molecular formula is C21H33N5O2S. The summed E-state index contributed by atoms with van der Waals surface area (Å²) in [5, 5.41) is 8.59. The lowest BCUT2D eigenvalue weighted by Gasteiger charge is -2.20. The van der Waals surface area contributed by atoms with Crippen molar-refractivity contribution in [2.75, 3.05) is 12.3 Å². The van der Waals surface area contributed by atoms with Gasteiger partial charge in [0.2, 0.25) is 5.91 Å². The minimum Gasteiger partial charge on any atom is -0.356 e. The zero-order valence-corrected chi connectivity index (χ0v) is 18.8. The highest BCUT2D eigenvalue weighted by atomic mass is 32.2. The number of carbonyl (C=O) groups is 1. The summed E-state index contributed by atoms with van der Waals surface area (Å²) in [4.78, 5) is 30.2. The summed E-state index contributed by atoms with van der Waals surface area (Å²) in [7, 11) is 0. The fourth-order valence-corrected chi connectivity index (χ4v) is 4.82. The van der Waals surface area contributed by atoms with E-state index in [9.17, 15) is 9.59 Å². The highest BCUT2D eigenvalue weighted by Crippen LogP contribution is 2.33. The van der Waals surface area contributed by atoms with E-state index in [4.69, 9.17) is 4.98 Å². The number of rotatable bonds is 9. The van der Waals surface area contributed by atoms with Gasteiger partial charge in [0.05, 0.1) is 17.8 Å². The van der Waals surface area contributed by atoms with Crippen LogP contribution in [0, 0.1) is 0 Å². The van der Waals surface area contributed by atoms with Crippen LogP contribution in [0.3, 0.4) is 0 Å². The van der Waals surface area contributed by atoms with Gasteiger partial charge in [0.1, 0.15) is 5.39 Å². The SMILES string of the molecule is CCCCCCCCNC(=O)CC1CSc2nc3c(cnn3C(C)(C)C)c(=O)n21. The van der Waals surface area contributed by atoms with E-state index in [0.717, 1.165) is 12.8 Å². The first-order valence-electron chi connectivity index (χ1n) is 10.7. The zero-order valence-electron chi connectivity index (χ0n) is 18.0. The second kappa shape index (κ2) is 9.32. The lowest BCUT2D eigenvalue weighted by molar-refractivity contribution is -0.121. The van der Waals surface area contributed by atoms with E-state index in [2.05, 4.69) is 17.3 Å². The Kier molecular flexibility index (Phi) is 7.03. The van der Waals surface area contributed by atoms with Gasteiger partial charge in [-0.15, -0.1) is 0 Å². The molecule has 8 heteroatoms. The summed E-state index contributed by atoms with van der Waals surface area (Å²) < 4.78 is 3.48. The highest BCUT2D eigenvalue weighted by Gasteiger charge is 2.30. The van der Waals surface area contributed by atoms with Crippen LogP contribution in [0.2, 0.25) is 0 Å². The van der Waals surface area contributed by atoms with Gasteiger partial charge >= 0.3 is 0 Å². The minimum atomic E-state index is -0.251. The quantitative estimate of drug-likeness (QED) is 0.493. The average molecular weight is 420 g/mol. The Hall–Kier alpha value is -1.83. The van der Waals surface area contributed by atoms with E-state index < -0.39 is 0 Å². The van der Waals surface area contributed by atoms with Crippen molar-refractivity contribution in [2.45, 2.75) is 89.4 Å². The predicted molar refractivity (Wildman–Crippen MR) is 118 cm³/mol. The normalized spacial score (nSPS) is 16.3. The van der Waals surface area contributed by atoms with Crippen molar-refractivity contribution in [3.8, 4) is 0 Å². The first-order chi connectivity index (χ1) is 13.8. The third-order valence-electron chi connectivity index (χ3n) is 5.28. The van der Waals surface area contributed by atoms with Crippen LogP contribution >= 0.6 is 11.8 Å². The van der Waals surface area contributed by atoms with E-state index in [1.54, 1.807) is 15.4 Å². The van der Waals surface area contributed by atoms with Crippen molar-refractivity contribution >= 4 is 28.7 Å². The fraction of sp³-hybridized carbons (Fsp3) is 0.714. The third-order valence-corrected chi connectivity index (χ3v) is 6.38. The molecule has 0 bridgehead atoms. The van der Waals surface area contributed by atoms with Gasteiger partial charge in [-0.3, -0.25) is 14.2 Å². The lowest BCUT2D eigenvalue weighted by Crippen LogP contribution is -2.31. The van der Waals surface area contributed by atoms with Gasteiger partial charge in [0, 0.05) is 18.7 Å². The molecule has 7 nitrogen and oxygen atoms in total. The lowest BCUT2D eigenvalue weighted by atomic mass is 10.1. The minimum absolute atomic E-state index is 0.00870. The van der Waals surface area contributed by atoms with E-state index >= 15 is 0 Å². The van der Waals surface area contributed by atoms with Gasteiger partial charge in [0.15, 0.2) is 10.8 Å². The standard InChI is InChI=1S/C21H33N5O2S/c1-5-6-7-8-9-10-11-22-17(27)12-15-14-29-20-24-18-16(19(28)25(15)20)13-23-26(18)21(2,3)4/h13,15H,5-12,14H2,1-4H3,(H,22,27). The van der Waals surface area contributed by atoms with Gasteiger partial charge in [-0.25, -0.2) is 9.67 Å². The maximum atomic E-state index is 13.1. The molecule has 3 rings (SSSR count). The smallest absolute Gasteiger partial charge is 0.265 e. The number of hydrogen-bond acceptors (Lipinski definition) is 5. The number of nitrogens with zero attached hydrogens (tertiary/aromatic N) is 4. The number of amides is 1. The van der Waals surface area contributed by atoms with Gasteiger partial charge in [0.25, 0.3) is 5.56 Å². The predicted octanol–water partition coefficient (Wildman–Crippen LogP) is 3.86. The van der Waals surface area contributed by atoms with Gasteiger partial charge in [-0.2, -0.15) is 5.10 Å². The zero-order chi connectivity index (χ0) is 21.0. The van der Waals surface area contributed by atoms with E-state index in [-0.39, 0.29) is 23.0 Å². The number of aromatic nitrogens is 4. The molecule has 1 N–H and O–H groups in total. The Morgan fingerprint density at radius 2 is 1.97 bits per heavy atom. The summed E-state index contributed by atoms with van der Waals surface area (Å²) in [6.07, 6.45) is 9.12. The van der Waals surface area contributed by atoms with Crippen LogP contribution in [0.25, 0.3) is 11.0 Å². The fourth-order valence-electron chi connectivity index (χ4n) is 3.69. The molecule has 0 fully saturated rings. The molecule has 1 amide bonds. The second-order valence-corrected chi connectivity index (χ2v) is 9.81. The molecule has 0 radical (unpaired) electrons. The van der Waals surface area contributed by atoms with Crippen LogP contribution in [0.15, 0.2) is 16.1 Å². The monoisotopic (exact) mass is 419 g/mol. The molecule has 0 saturated carbocycles. The molecule has 3 heterocycles. The molecule has 29 heavy (non-hydrogen) atoms. The number of fused-ring (bicyclic) bond motifs is 2. The van der Waals surface area contributed by atoms with Crippen molar-refractivity contribution < 1.29 is 4.79 Å². The molecule has 1 aliphatic rings. The van der Waals surface area contributed by atoms with E-state index in [1.807, 2.05) is 20.8 Å². The second-order valence-electron chi connectivity index (χ2n) is 8.82. The number of thioether (sulfide) groups is 1. The van der Waals surface area contributed by atoms with Crippen LogP contribution in [0.5, 0.6) is 0 Å². The molecule has 0 aromatic carbocycles. The van der Waals surface area contributed by atoms with Crippen LogP contribution < -0.4 is 10.9 Å². The van der Waals surface area contributed by atoms with Crippen LogP contribution in [-0.4, -0.2) is 37.5 Å². The maximum Gasteiger partial charge on any atom is 0.265 e. The summed E-state index contributed by atoms with van der Waals surface area (Å²) >= 11 is 1.54. The topological polar surface area (TPSA) is 81.8 Å². The molecule has 1 atom stereocenters. The molecule has 2 aromatic heterocycles. The Morgan fingerprint density at radius 3 is 2.69 bits per heavy atom. The summed E-state index contributed by atoms with van der Waals surface area (Å²) in [5.41, 5.74) is 0.271. The van der Waals surface area contributed by atoms with Crippen molar-refractivity contribution in [1.29, 1.82) is 0 Å². The molecule has 160 valence electrons. The Balaban J connectivity index is 1.62. The first kappa shape index (κ1) is 21.9. The molecular weight excluding hydrogens is 386 g/mol. The Labute approximate surface area is 176 Å².